The molecule has 1 aliphatic heterocycles. The molecule has 44 heavy (non-hydrogen) atoms. The van der Waals surface area contributed by atoms with Gasteiger partial charge in [-0.05, 0) is 84.4 Å². The van der Waals surface area contributed by atoms with E-state index < -0.39 is 0 Å². The molecule has 214 valence electrons. The van der Waals surface area contributed by atoms with Crippen LogP contribution in [0.4, 0.5) is 0 Å². The normalized spacial score (nSPS) is 15.9. The number of hydrogen-bond donors (Lipinski definition) is 0. The molecule has 2 aromatic heterocycles. The fourth-order valence-electron chi connectivity index (χ4n) is 6.86. The highest BCUT2D eigenvalue weighted by atomic mass is 32.1. The molecule has 8 rings (SSSR count). The van der Waals surface area contributed by atoms with Crippen molar-refractivity contribution in [1.29, 1.82) is 0 Å². The fourth-order valence-corrected chi connectivity index (χ4v) is 7.86. The summed E-state index contributed by atoms with van der Waals surface area (Å²) >= 11 is 1.49. The Morgan fingerprint density at radius 1 is 0.795 bits per heavy atom. The third kappa shape index (κ3) is 4.35. The van der Waals surface area contributed by atoms with Crippen LogP contribution >= 0.6 is 11.3 Å². The van der Waals surface area contributed by atoms with E-state index in [1.165, 1.54) is 39.2 Å². The first kappa shape index (κ1) is 26.6. The molecule has 0 saturated heterocycles. The molecule has 4 aromatic carbocycles. The topological polar surface area (TPSA) is 39.3 Å². The van der Waals surface area contributed by atoms with Crippen molar-refractivity contribution < 1.29 is 0 Å². The third-order valence-corrected chi connectivity index (χ3v) is 9.96. The average Bonchev–Trinajstić information content (AvgIpc) is 3.53. The second kappa shape index (κ2) is 10.6. The zero-order valence-electron chi connectivity index (χ0n) is 24.7. The maximum atomic E-state index is 14.2. The van der Waals surface area contributed by atoms with Gasteiger partial charge in [-0.2, -0.15) is 0 Å². The molecule has 5 heteroatoms. The summed E-state index contributed by atoms with van der Waals surface area (Å²) < 4.78 is 4.90. The lowest BCUT2D eigenvalue weighted by Gasteiger charge is -2.30. The predicted molar refractivity (Wildman–Crippen MR) is 180 cm³/mol. The van der Waals surface area contributed by atoms with Gasteiger partial charge in [0.25, 0.3) is 5.56 Å². The summed E-state index contributed by atoms with van der Waals surface area (Å²) in [5.41, 5.74) is 12.7. The Hall–Kier alpha value is -5.00. The summed E-state index contributed by atoms with van der Waals surface area (Å²) in [5.74, 6) is 0. The maximum absolute atomic E-state index is 14.2. The van der Waals surface area contributed by atoms with Crippen molar-refractivity contribution in [2.24, 2.45) is 4.99 Å². The van der Waals surface area contributed by atoms with E-state index in [0.717, 1.165) is 51.5 Å². The zero-order valence-corrected chi connectivity index (χ0v) is 25.5. The lowest BCUT2D eigenvalue weighted by molar-refractivity contribution is 0.585. The van der Waals surface area contributed by atoms with E-state index in [0.29, 0.717) is 4.53 Å². The zero-order chi connectivity index (χ0) is 29.8. The molecule has 0 radical (unpaired) electrons. The number of aromatic nitrogens is 2. The minimum Gasteiger partial charge on any atom is -0.318 e. The molecule has 0 fully saturated rings. The lowest BCUT2D eigenvalue weighted by Crippen LogP contribution is -2.38. The standard InChI is InChI=1S/C39H31N3OS/c1-25-23-31(26(2)41(25)32-20-17-28(18-21-32)27-11-5-3-6-12-27)24-35-38(43)42-37(30-14-7-4-8-15-30)34-22-19-29-13-9-10-16-33(29)36(34)40-39(42)44-35/h3-18,20-21,23-24,37H,19,22H2,1-2H3/b35-24-/t37-/m0/s1. The molecule has 1 aliphatic carbocycles. The van der Waals surface area contributed by atoms with Crippen molar-refractivity contribution in [3.8, 4) is 16.8 Å². The first-order valence-electron chi connectivity index (χ1n) is 15.1. The van der Waals surface area contributed by atoms with Crippen LogP contribution in [0.5, 0.6) is 0 Å². The molecule has 0 spiro atoms. The molecule has 0 saturated carbocycles. The van der Waals surface area contributed by atoms with Crippen LogP contribution in [0.25, 0.3) is 28.6 Å². The second-order valence-electron chi connectivity index (χ2n) is 11.6. The lowest BCUT2D eigenvalue weighted by atomic mass is 9.83. The van der Waals surface area contributed by atoms with Gasteiger partial charge in [-0.1, -0.05) is 108 Å². The van der Waals surface area contributed by atoms with Crippen LogP contribution in [0.2, 0.25) is 0 Å². The summed E-state index contributed by atoms with van der Waals surface area (Å²) in [5, 5.41) is 0. The van der Waals surface area contributed by atoms with Gasteiger partial charge in [0.15, 0.2) is 4.80 Å². The van der Waals surface area contributed by atoms with Crippen molar-refractivity contribution in [2.75, 3.05) is 0 Å². The molecule has 0 unspecified atom stereocenters. The van der Waals surface area contributed by atoms with Gasteiger partial charge in [-0.25, -0.2) is 4.99 Å². The Labute approximate surface area is 260 Å². The second-order valence-corrected chi connectivity index (χ2v) is 12.6. The minimum atomic E-state index is -0.159. The first-order valence-corrected chi connectivity index (χ1v) is 15.9. The Bertz CT molecular complexity index is 2250. The SMILES string of the molecule is Cc1cc(/C=c2\sc3n(c2=O)[C@@H](c2ccccc2)C2=C(N=3)c3ccccc3CC2)c(C)n1-c1ccc(-c2ccccc2)cc1. The average molecular weight is 590 g/mol. The van der Waals surface area contributed by atoms with Crippen molar-refractivity contribution in [2.45, 2.75) is 32.7 Å². The highest BCUT2D eigenvalue weighted by Gasteiger charge is 2.32. The summed E-state index contributed by atoms with van der Waals surface area (Å²) in [6.07, 6.45) is 3.90. The molecule has 0 amide bonds. The van der Waals surface area contributed by atoms with Crippen molar-refractivity contribution in [1.82, 2.24) is 9.13 Å². The number of rotatable bonds is 4. The molecule has 3 heterocycles. The number of thiazole rings is 1. The molecule has 1 atom stereocenters. The molecule has 0 N–H and O–H groups in total. The van der Waals surface area contributed by atoms with E-state index >= 15 is 0 Å². The van der Waals surface area contributed by atoms with E-state index in [1.54, 1.807) is 0 Å². The van der Waals surface area contributed by atoms with Gasteiger partial charge in [-0.3, -0.25) is 9.36 Å². The maximum Gasteiger partial charge on any atom is 0.271 e. The fraction of sp³-hybridized carbons (Fsp3) is 0.128. The monoisotopic (exact) mass is 589 g/mol. The van der Waals surface area contributed by atoms with Crippen molar-refractivity contribution in [3.05, 3.63) is 174 Å². The smallest absolute Gasteiger partial charge is 0.271 e. The summed E-state index contributed by atoms with van der Waals surface area (Å²) in [6.45, 7) is 4.25. The van der Waals surface area contributed by atoms with Gasteiger partial charge in [0.2, 0.25) is 0 Å². The van der Waals surface area contributed by atoms with E-state index in [4.69, 9.17) is 4.99 Å². The van der Waals surface area contributed by atoms with Gasteiger partial charge >= 0.3 is 0 Å². The number of aryl methyl sites for hydroxylation is 2. The van der Waals surface area contributed by atoms with Gasteiger partial charge in [0, 0.05) is 22.6 Å². The quantitative estimate of drug-likeness (QED) is 0.211. The van der Waals surface area contributed by atoms with E-state index in [-0.39, 0.29) is 11.6 Å². The minimum absolute atomic E-state index is 0.0185. The number of nitrogens with zero attached hydrogens (tertiary/aromatic N) is 3. The molecule has 0 bridgehead atoms. The predicted octanol–water partition coefficient (Wildman–Crippen LogP) is 7.39. The Morgan fingerprint density at radius 3 is 2.25 bits per heavy atom. The van der Waals surface area contributed by atoms with Crippen LogP contribution in [0, 0.1) is 13.8 Å². The van der Waals surface area contributed by atoms with E-state index in [2.05, 4.69) is 128 Å². The van der Waals surface area contributed by atoms with Crippen molar-refractivity contribution >= 4 is 23.1 Å². The Kier molecular flexibility index (Phi) is 6.42. The van der Waals surface area contributed by atoms with Crippen LogP contribution in [0.3, 0.4) is 0 Å². The van der Waals surface area contributed by atoms with Crippen LogP contribution in [0.1, 0.15) is 46.1 Å². The number of benzene rings is 4. The van der Waals surface area contributed by atoms with Crippen LogP contribution < -0.4 is 14.9 Å². The summed E-state index contributed by atoms with van der Waals surface area (Å²) in [6, 6.07) is 40.1. The molecule has 2 aliphatic rings. The number of fused-ring (bicyclic) bond motifs is 3. The highest BCUT2D eigenvalue weighted by Crippen LogP contribution is 2.41. The van der Waals surface area contributed by atoms with Gasteiger partial charge < -0.3 is 4.57 Å². The van der Waals surface area contributed by atoms with Crippen LogP contribution in [-0.2, 0) is 6.42 Å². The van der Waals surface area contributed by atoms with Crippen LogP contribution in [0.15, 0.2) is 131 Å². The summed E-state index contributed by atoms with van der Waals surface area (Å²) in [7, 11) is 0. The molecular formula is C39H31N3OS. The molecule has 6 aromatic rings. The van der Waals surface area contributed by atoms with Crippen molar-refractivity contribution in [3.63, 3.8) is 0 Å². The Balaban J connectivity index is 1.25. The highest BCUT2D eigenvalue weighted by molar-refractivity contribution is 7.07. The number of allylic oxidation sites excluding steroid dienone is 1. The molecule has 4 nitrogen and oxygen atoms in total. The van der Waals surface area contributed by atoms with Gasteiger partial charge in [0.05, 0.1) is 16.3 Å². The molecular weight excluding hydrogens is 559 g/mol. The Morgan fingerprint density at radius 2 is 1.48 bits per heavy atom. The first-order chi connectivity index (χ1) is 21.6. The third-order valence-electron chi connectivity index (χ3n) is 8.98. The van der Waals surface area contributed by atoms with Crippen LogP contribution in [-0.4, -0.2) is 9.13 Å². The van der Waals surface area contributed by atoms with Gasteiger partial charge in [0.1, 0.15) is 0 Å². The van der Waals surface area contributed by atoms with E-state index in [9.17, 15) is 4.79 Å². The summed E-state index contributed by atoms with van der Waals surface area (Å²) in [4.78, 5) is 20.1. The largest absolute Gasteiger partial charge is 0.318 e. The van der Waals surface area contributed by atoms with E-state index in [1.807, 2.05) is 16.7 Å². The van der Waals surface area contributed by atoms with Gasteiger partial charge in [-0.15, -0.1) is 0 Å². The number of hydrogen-bond acceptors (Lipinski definition) is 3.